The molecule has 1 aromatic heterocycles. The lowest BCUT2D eigenvalue weighted by Crippen LogP contribution is -1.92. The van der Waals surface area contributed by atoms with Crippen molar-refractivity contribution in [2.75, 3.05) is 5.75 Å². The number of nitrogens with zero attached hydrogens (tertiary/aromatic N) is 2. The van der Waals surface area contributed by atoms with E-state index in [2.05, 4.69) is 24.0 Å². The summed E-state index contributed by atoms with van der Waals surface area (Å²) in [5.74, 6) is 3.95. The van der Waals surface area contributed by atoms with Crippen LogP contribution in [0.3, 0.4) is 0 Å². The van der Waals surface area contributed by atoms with E-state index in [-0.39, 0.29) is 5.75 Å². The number of aromatic hydroxyl groups is 1. The fourth-order valence-electron chi connectivity index (χ4n) is 1.42. The van der Waals surface area contributed by atoms with Crippen molar-refractivity contribution in [3.05, 3.63) is 30.1 Å². The Morgan fingerprint density at radius 2 is 2.00 bits per heavy atom. The van der Waals surface area contributed by atoms with Crippen LogP contribution in [0.15, 0.2) is 28.8 Å². The van der Waals surface area contributed by atoms with Crippen molar-refractivity contribution in [3.63, 3.8) is 0 Å². The summed E-state index contributed by atoms with van der Waals surface area (Å²) >= 11 is 1.80. The molecular formula is C13H16N2O2S. The molecule has 1 aromatic carbocycles. The highest BCUT2D eigenvalue weighted by Gasteiger charge is 2.08. The van der Waals surface area contributed by atoms with Gasteiger partial charge in [0.15, 0.2) is 5.82 Å². The summed E-state index contributed by atoms with van der Waals surface area (Å²) in [5, 5.41) is 13.1. The standard InChI is InChI=1S/C13H16N2O2S/c1-9(2)7-18-8-12-14-13(17-15-12)10-3-5-11(16)6-4-10/h3-6,9,16H,7-8H2,1-2H3. The summed E-state index contributed by atoms with van der Waals surface area (Å²) in [6.07, 6.45) is 0. The molecule has 0 spiro atoms. The third-order valence-corrected chi connectivity index (χ3v) is 3.63. The number of hydrogen-bond donors (Lipinski definition) is 1. The van der Waals surface area contributed by atoms with Gasteiger partial charge in [0.25, 0.3) is 5.89 Å². The first kappa shape index (κ1) is 13.0. The number of benzene rings is 1. The number of thioether (sulfide) groups is 1. The van der Waals surface area contributed by atoms with E-state index in [1.54, 1.807) is 36.0 Å². The van der Waals surface area contributed by atoms with Gasteiger partial charge in [0.1, 0.15) is 5.75 Å². The van der Waals surface area contributed by atoms with Gasteiger partial charge in [-0.1, -0.05) is 19.0 Å². The molecule has 18 heavy (non-hydrogen) atoms. The average Bonchev–Trinajstić information content (AvgIpc) is 2.78. The van der Waals surface area contributed by atoms with Gasteiger partial charge < -0.3 is 9.63 Å². The number of rotatable bonds is 5. The van der Waals surface area contributed by atoms with Crippen LogP contribution in [-0.4, -0.2) is 21.0 Å². The zero-order valence-electron chi connectivity index (χ0n) is 10.5. The fraction of sp³-hybridized carbons (Fsp3) is 0.385. The highest BCUT2D eigenvalue weighted by Crippen LogP contribution is 2.21. The molecule has 1 heterocycles. The normalized spacial score (nSPS) is 11.1. The quantitative estimate of drug-likeness (QED) is 0.897. The van der Waals surface area contributed by atoms with Crippen molar-refractivity contribution in [1.29, 1.82) is 0 Å². The number of phenols is 1. The van der Waals surface area contributed by atoms with E-state index in [9.17, 15) is 5.11 Å². The third-order valence-electron chi connectivity index (χ3n) is 2.26. The highest BCUT2D eigenvalue weighted by molar-refractivity contribution is 7.98. The first-order chi connectivity index (χ1) is 8.65. The lowest BCUT2D eigenvalue weighted by molar-refractivity contribution is 0.425. The second-order valence-corrected chi connectivity index (χ2v) is 5.50. The van der Waals surface area contributed by atoms with Crippen LogP contribution in [0.2, 0.25) is 0 Å². The first-order valence-corrected chi connectivity index (χ1v) is 7.00. The van der Waals surface area contributed by atoms with Gasteiger partial charge in [0.05, 0.1) is 5.75 Å². The van der Waals surface area contributed by atoms with Crippen molar-refractivity contribution >= 4 is 11.8 Å². The van der Waals surface area contributed by atoms with Crippen molar-refractivity contribution in [1.82, 2.24) is 10.1 Å². The van der Waals surface area contributed by atoms with Crippen LogP contribution in [0.4, 0.5) is 0 Å². The van der Waals surface area contributed by atoms with Gasteiger partial charge in [-0.25, -0.2) is 0 Å². The van der Waals surface area contributed by atoms with Crippen molar-refractivity contribution in [2.45, 2.75) is 19.6 Å². The van der Waals surface area contributed by atoms with Gasteiger partial charge in [-0.15, -0.1) is 0 Å². The summed E-state index contributed by atoms with van der Waals surface area (Å²) in [6, 6.07) is 6.72. The lowest BCUT2D eigenvalue weighted by Gasteiger charge is -2.00. The SMILES string of the molecule is CC(C)CSCc1noc(-c2ccc(O)cc2)n1. The van der Waals surface area contributed by atoms with Crippen LogP contribution < -0.4 is 0 Å². The molecule has 0 saturated heterocycles. The monoisotopic (exact) mass is 264 g/mol. The van der Waals surface area contributed by atoms with E-state index in [0.717, 1.165) is 17.1 Å². The van der Waals surface area contributed by atoms with Crippen LogP contribution >= 0.6 is 11.8 Å². The minimum atomic E-state index is 0.228. The van der Waals surface area contributed by atoms with E-state index in [1.165, 1.54) is 0 Å². The second-order valence-electron chi connectivity index (χ2n) is 4.47. The molecule has 0 radical (unpaired) electrons. The van der Waals surface area contributed by atoms with Crippen molar-refractivity contribution in [2.24, 2.45) is 5.92 Å². The molecule has 0 bridgehead atoms. The van der Waals surface area contributed by atoms with E-state index in [4.69, 9.17) is 4.52 Å². The van der Waals surface area contributed by atoms with Crippen LogP contribution in [0, 0.1) is 5.92 Å². The molecule has 0 aliphatic carbocycles. The molecule has 2 rings (SSSR count). The second kappa shape index (κ2) is 5.91. The van der Waals surface area contributed by atoms with Gasteiger partial charge in [-0.3, -0.25) is 0 Å². The molecule has 0 fully saturated rings. The van der Waals surface area contributed by atoms with Gasteiger partial charge in [0.2, 0.25) is 0 Å². The minimum Gasteiger partial charge on any atom is -0.508 e. The van der Waals surface area contributed by atoms with E-state index in [1.807, 2.05) is 0 Å². The fourth-order valence-corrected chi connectivity index (χ4v) is 2.31. The van der Waals surface area contributed by atoms with Gasteiger partial charge in [0, 0.05) is 5.56 Å². The topological polar surface area (TPSA) is 59.2 Å². The smallest absolute Gasteiger partial charge is 0.257 e. The summed E-state index contributed by atoms with van der Waals surface area (Å²) in [6.45, 7) is 4.37. The first-order valence-electron chi connectivity index (χ1n) is 5.85. The lowest BCUT2D eigenvalue weighted by atomic mass is 10.2. The maximum absolute atomic E-state index is 9.21. The van der Waals surface area contributed by atoms with Crippen LogP contribution in [0.5, 0.6) is 5.75 Å². The molecule has 96 valence electrons. The summed E-state index contributed by atoms with van der Waals surface area (Å²) in [7, 11) is 0. The molecular weight excluding hydrogens is 248 g/mol. The molecule has 0 aliphatic rings. The molecule has 0 saturated carbocycles. The zero-order chi connectivity index (χ0) is 13.0. The Bertz CT molecular complexity index is 494. The Labute approximate surface area is 110 Å². The van der Waals surface area contributed by atoms with Gasteiger partial charge >= 0.3 is 0 Å². The Hall–Kier alpha value is -1.49. The average molecular weight is 264 g/mol. The van der Waals surface area contributed by atoms with Gasteiger partial charge in [-0.05, 0) is 35.9 Å². The Morgan fingerprint density at radius 1 is 1.28 bits per heavy atom. The number of phenolic OH excluding ortho intramolecular Hbond substituents is 1. The highest BCUT2D eigenvalue weighted by atomic mass is 32.2. The molecule has 0 unspecified atom stereocenters. The Morgan fingerprint density at radius 3 is 2.67 bits per heavy atom. The molecule has 1 N–H and O–H groups in total. The molecule has 0 aliphatic heterocycles. The minimum absolute atomic E-state index is 0.228. The molecule has 5 heteroatoms. The Kier molecular flexibility index (Phi) is 4.25. The van der Waals surface area contributed by atoms with Crippen molar-refractivity contribution < 1.29 is 9.63 Å². The van der Waals surface area contributed by atoms with Gasteiger partial charge in [-0.2, -0.15) is 16.7 Å². The van der Waals surface area contributed by atoms with Crippen LogP contribution in [0.1, 0.15) is 19.7 Å². The summed E-state index contributed by atoms with van der Waals surface area (Å²) in [5.41, 5.74) is 0.820. The van der Waals surface area contributed by atoms with Crippen LogP contribution in [-0.2, 0) is 5.75 Å². The zero-order valence-corrected chi connectivity index (χ0v) is 11.3. The molecule has 0 atom stereocenters. The Balaban J connectivity index is 1.99. The number of aromatic nitrogens is 2. The number of hydrogen-bond acceptors (Lipinski definition) is 5. The summed E-state index contributed by atoms with van der Waals surface area (Å²) < 4.78 is 5.19. The molecule has 4 nitrogen and oxygen atoms in total. The van der Waals surface area contributed by atoms with Crippen molar-refractivity contribution in [3.8, 4) is 17.2 Å². The van der Waals surface area contributed by atoms with E-state index in [0.29, 0.717) is 17.6 Å². The largest absolute Gasteiger partial charge is 0.508 e. The predicted octanol–water partition coefficient (Wildman–Crippen LogP) is 3.33. The molecule has 0 amide bonds. The summed E-state index contributed by atoms with van der Waals surface area (Å²) in [4.78, 5) is 4.33. The van der Waals surface area contributed by atoms with Crippen LogP contribution in [0.25, 0.3) is 11.5 Å². The maximum Gasteiger partial charge on any atom is 0.257 e. The maximum atomic E-state index is 9.21. The third kappa shape index (κ3) is 3.50. The van der Waals surface area contributed by atoms with E-state index >= 15 is 0 Å². The predicted molar refractivity (Wildman–Crippen MR) is 72.4 cm³/mol. The molecule has 2 aromatic rings. The van der Waals surface area contributed by atoms with E-state index < -0.39 is 0 Å².